The van der Waals surface area contributed by atoms with Crippen molar-refractivity contribution >= 4 is 42.8 Å². The first kappa shape index (κ1) is 37.6. The largest absolute Gasteiger partial charge is 0.497 e. The first-order valence-corrected chi connectivity index (χ1v) is 20.7. The van der Waals surface area contributed by atoms with Gasteiger partial charge in [0.15, 0.2) is 14.5 Å². The van der Waals surface area contributed by atoms with E-state index in [0.29, 0.717) is 33.9 Å². The molecule has 0 saturated carbocycles. The van der Waals surface area contributed by atoms with Crippen molar-refractivity contribution in [1.29, 1.82) is 5.26 Å². The number of benzene rings is 3. The van der Waals surface area contributed by atoms with E-state index in [9.17, 15) is 10.1 Å². The zero-order chi connectivity index (χ0) is 36.8. The maximum absolute atomic E-state index is 14.1. The van der Waals surface area contributed by atoms with Gasteiger partial charge in [-0.3, -0.25) is 9.69 Å². The second-order valence-corrected chi connectivity index (χ2v) is 20.2. The van der Waals surface area contributed by atoms with Crippen molar-refractivity contribution < 1.29 is 18.7 Å². The van der Waals surface area contributed by atoms with Crippen LogP contribution in [0.25, 0.3) is 16.9 Å². The second kappa shape index (κ2) is 16.2. The van der Waals surface area contributed by atoms with E-state index in [2.05, 4.69) is 40.1 Å². The van der Waals surface area contributed by atoms with Gasteiger partial charge in [-0.05, 0) is 66.7 Å². The molecule has 2 aromatic heterocycles. The Morgan fingerprint density at radius 2 is 1.67 bits per heavy atom. The van der Waals surface area contributed by atoms with E-state index < -0.39 is 8.32 Å². The molecule has 0 aliphatic carbocycles. The summed E-state index contributed by atoms with van der Waals surface area (Å²) in [7, 11) is 1.28. The van der Waals surface area contributed by atoms with E-state index in [-0.39, 0.29) is 24.0 Å². The monoisotopic (exact) mass is 741 g/mol. The summed E-state index contributed by atoms with van der Waals surface area (Å²) >= 11 is 7.51. The summed E-state index contributed by atoms with van der Waals surface area (Å²) in [4.78, 5) is 18.0. The smallest absolute Gasteiger partial charge is 0.264 e. The normalized spacial score (nSPS) is 11.6. The first-order chi connectivity index (χ1) is 24.3. The fourth-order valence-electron chi connectivity index (χ4n) is 5.31. The average Bonchev–Trinajstić information content (AvgIpc) is 3.76. The van der Waals surface area contributed by atoms with Crippen LogP contribution in [0.5, 0.6) is 11.5 Å². The van der Waals surface area contributed by atoms with Gasteiger partial charge in [0.05, 0.1) is 66.7 Å². The van der Waals surface area contributed by atoms with Gasteiger partial charge in [-0.25, -0.2) is 4.68 Å². The predicted molar refractivity (Wildman–Crippen MR) is 208 cm³/mol. The van der Waals surface area contributed by atoms with Crippen LogP contribution >= 0.6 is 22.9 Å². The van der Waals surface area contributed by atoms with E-state index in [1.54, 1.807) is 36.2 Å². The topological polar surface area (TPSA) is 92.9 Å². The number of hydrogen-bond acceptors (Lipinski definition) is 8. The minimum absolute atomic E-state index is 0.0951. The second-order valence-electron chi connectivity index (χ2n) is 13.6. The number of anilines is 1. The average molecular weight is 742 g/mol. The molecule has 266 valence electrons. The molecule has 1 amide bonds. The number of nitriles is 1. The molecule has 0 bridgehead atoms. The third kappa shape index (κ3) is 9.01. The zero-order valence-corrected chi connectivity index (χ0v) is 32.7. The van der Waals surface area contributed by atoms with Crippen LogP contribution in [-0.4, -0.2) is 56.3 Å². The van der Waals surface area contributed by atoms with Crippen molar-refractivity contribution in [3.8, 4) is 34.6 Å². The number of hydrogen-bond donors (Lipinski definition) is 0. The quantitative estimate of drug-likeness (QED) is 0.0636. The summed E-state index contributed by atoms with van der Waals surface area (Å²) in [6, 6.07) is 26.7. The van der Waals surface area contributed by atoms with Crippen molar-refractivity contribution in [2.75, 3.05) is 32.3 Å². The van der Waals surface area contributed by atoms with Crippen LogP contribution in [0.3, 0.4) is 0 Å². The molecule has 5 aromatic rings. The molecule has 0 radical (unpaired) electrons. The molecule has 0 fully saturated rings. The predicted octanol–water partition coefficient (Wildman–Crippen LogP) is 9.42. The van der Waals surface area contributed by atoms with Crippen LogP contribution in [0.15, 0.2) is 91.1 Å². The lowest BCUT2D eigenvalue weighted by Crippen LogP contribution is -2.42. The van der Waals surface area contributed by atoms with Crippen LogP contribution in [-0.2, 0) is 17.5 Å². The van der Waals surface area contributed by atoms with Crippen molar-refractivity contribution in [2.45, 2.75) is 52.0 Å². The number of carbonyl (C=O) groups excluding carboxylic acids is 1. The Morgan fingerprint density at radius 3 is 2.27 bits per heavy atom. The number of methoxy groups -OCH3 is 2. The SMILES string of the molecule is COc1ccc(CN(Cc2cn(-c3ccc(N(C#N)CCO[Si](C)(C)C(C)(C)C)cc3)nc2-c2ccccc2)C(=O)c2ccc(Cl)s2)c(OC)c1. The van der Waals surface area contributed by atoms with E-state index in [1.807, 2.05) is 83.7 Å². The molecular formula is C39H44ClN5O4SSi. The molecule has 0 saturated heterocycles. The van der Waals surface area contributed by atoms with Gasteiger partial charge in [0.25, 0.3) is 5.91 Å². The molecule has 0 aliphatic heterocycles. The first-order valence-electron chi connectivity index (χ1n) is 16.6. The number of nitrogens with zero attached hydrogens (tertiary/aromatic N) is 5. The lowest BCUT2D eigenvalue weighted by molar-refractivity contribution is 0.0734. The zero-order valence-electron chi connectivity index (χ0n) is 30.1. The highest BCUT2D eigenvalue weighted by Crippen LogP contribution is 2.36. The molecule has 3 aromatic carbocycles. The van der Waals surface area contributed by atoms with Gasteiger partial charge in [-0.1, -0.05) is 62.7 Å². The van der Waals surface area contributed by atoms with Crippen LogP contribution < -0.4 is 14.4 Å². The van der Waals surface area contributed by atoms with Gasteiger partial charge in [0.2, 0.25) is 0 Å². The van der Waals surface area contributed by atoms with Crippen molar-refractivity contribution in [3.63, 3.8) is 0 Å². The Morgan fingerprint density at radius 1 is 0.961 bits per heavy atom. The van der Waals surface area contributed by atoms with Crippen LogP contribution in [0.2, 0.25) is 22.5 Å². The summed E-state index contributed by atoms with van der Waals surface area (Å²) in [5.74, 6) is 1.12. The molecule has 0 aliphatic rings. The van der Waals surface area contributed by atoms with E-state index in [1.165, 1.54) is 11.3 Å². The summed E-state index contributed by atoms with van der Waals surface area (Å²) in [5.41, 5.74) is 4.96. The summed E-state index contributed by atoms with van der Waals surface area (Å²) in [6.07, 6.45) is 4.26. The van der Waals surface area contributed by atoms with E-state index in [4.69, 9.17) is 30.6 Å². The molecular weight excluding hydrogens is 698 g/mol. The van der Waals surface area contributed by atoms with Gasteiger partial charge in [-0.15, -0.1) is 11.3 Å². The summed E-state index contributed by atoms with van der Waals surface area (Å²) in [5, 5.41) is 15.1. The molecule has 5 rings (SSSR count). The number of thiophene rings is 1. The molecule has 0 N–H and O–H groups in total. The standard InChI is InChI=1S/C39H44ClN5O4SSi/c1-39(2,3)51(6,7)49-22-21-43(27-41)31-14-16-32(17-15-31)45-26-30(37(42-45)28-11-9-8-10-12-28)25-44(38(46)35-19-20-36(40)50-35)24-29-13-18-33(47-4)23-34(29)48-5/h8-20,23,26H,21-22,24-25H2,1-7H3. The minimum atomic E-state index is -1.93. The Balaban J connectivity index is 1.45. The van der Waals surface area contributed by atoms with Gasteiger partial charge >= 0.3 is 0 Å². The van der Waals surface area contributed by atoms with Crippen LogP contribution in [0.1, 0.15) is 41.6 Å². The van der Waals surface area contributed by atoms with Gasteiger partial charge < -0.3 is 18.8 Å². The molecule has 0 atom stereocenters. The highest BCUT2D eigenvalue weighted by atomic mass is 35.5. The highest BCUT2D eigenvalue weighted by molar-refractivity contribution is 7.18. The van der Waals surface area contributed by atoms with Crippen molar-refractivity contribution in [2.24, 2.45) is 0 Å². The molecule has 0 spiro atoms. The van der Waals surface area contributed by atoms with Crippen molar-refractivity contribution in [1.82, 2.24) is 14.7 Å². The minimum Gasteiger partial charge on any atom is -0.497 e. The van der Waals surface area contributed by atoms with Crippen LogP contribution in [0, 0.1) is 11.5 Å². The Bertz CT molecular complexity index is 1980. The molecule has 9 nitrogen and oxygen atoms in total. The highest BCUT2D eigenvalue weighted by Gasteiger charge is 2.37. The lowest BCUT2D eigenvalue weighted by Gasteiger charge is -2.36. The Labute approximate surface area is 310 Å². The third-order valence-corrected chi connectivity index (χ3v) is 15.0. The fourth-order valence-corrected chi connectivity index (χ4v) is 7.35. The number of ether oxygens (including phenoxy) is 2. The lowest BCUT2D eigenvalue weighted by atomic mass is 10.1. The number of aromatic nitrogens is 2. The van der Waals surface area contributed by atoms with E-state index in [0.717, 1.165) is 33.8 Å². The van der Waals surface area contributed by atoms with Crippen molar-refractivity contribution in [3.05, 3.63) is 111 Å². The molecule has 2 heterocycles. The maximum atomic E-state index is 14.1. The Kier molecular flexibility index (Phi) is 11.9. The molecule has 0 unspecified atom stereocenters. The van der Waals surface area contributed by atoms with Crippen LogP contribution in [0.4, 0.5) is 5.69 Å². The number of rotatable bonds is 14. The number of carbonyl (C=O) groups is 1. The molecule has 51 heavy (non-hydrogen) atoms. The number of amides is 1. The number of halogens is 1. The fraction of sp³-hybridized carbons (Fsp3) is 0.308. The van der Waals surface area contributed by atoms with E-state index >= 15 is 0 Å². The maximum Gasteiger partial charge on any atom is 0.264 e. The third-order valence-electron chi connectivity index (χ3n) is 9.26. The van der Waals surface area contributed by atoms with Gasteiger partial charge in [0, 0.05) is 29.0 Å². The summed E-state index contributed by atoms with van der Waals surface area (Å²) < 4.78 is 19.8. The van der Waals surface area contributed by atoms with Gasteiger partial charge in [0.1, 0.15) is 11.5 Å². The van der Waals surface area contributed by atoms with Gasteiger partial charge in [-0.2, -0.15) is 10.4 Å². The Hall–Kier alpha value is -4.60. The summed E-state index contributed by atoms with van der Waals surface area (Å²) in [6.45, 7) is 12.5. The molecule has 12 heteroatoms.